The Morgan fingerprint density at radius 3 is 2.28 bits per heavy atom. The second kappa shape index (κ2) is 8.98. The van der Waals surface area contributed by atoms with Crippen LogP contribution in [0.5, 0.6) is 0 Å². The predicted octanol–water partition coefficient (Wildman–Crippen LogP) is 2.94. The number of aliphatic hydroxyl groups excluding tert-OH is 2. The van der Waals surface area contributed by atoms with Crippen molar-refractivity contribution in [3.8, 4) is 22.7 Å². The molecule has 2 aromatic carbocycles. The summed E-state index contributed by atoms with van der Waals surface area (Å²) in [5.74, 6) is -0.206. The van der Waals surface area contributed by atoms with Crippen molar-refractivity contribution in [1.82, 2.24) is 10.3 Å². The fourth-order valence-electron chi connectivity index (χ4n) is 3.08. The molecule has 29 heavy (non-hydrogen) atoms. The molecule has 3 rings (SSSR count). The molecular formula is C22H23FN2O4. The van der Waals surface area contributed by atoms with Gasteiger partial charge in [0.25, 0.3) is 0 Å². The Bertz CT molecular complexity index is 948. The lowest BCUT2D eigenvalue weighted by atomic mass is 9.92. The van der Waals surface area contributed by atoms with Gasteiger partial charge in [-0.1, -0.05) is 24.3 Å². The maximum atomic E-state index is 13.1. The average molecular weight is 398 g/mol. The Hall–Kier alpha value is -3.03. The first-order chi connectivity index (χ1) is 13.9. The minimum absolute atomic E-state index is 0.300. The summed E-state index contributed by atoms with van der Waals surface area (Å²) in [6.07, 6.45) is 2.52. The number of hydrogen-bond donors (Lipinski definition) is 3. The van der Waals surface area contributed by atoms with Crippen molar-refractivity contribution in [3.63, 3.8) is 0 Å². The van der Waals surface area contributed by atoms with E-state index in [9.17, 15) is 19.4 Å². The van der Waals surface area contributed by atoms with E-state index >= 15 is 0 Å². The summed E-state index contributed by atoms with van der Waals surface area (Å²) in [5.41, 5.74) is 2.17. The van der Waals surface area contributed by atoms with Crippen molar-refractivity contribution in [3.05, 3.63) is 66.2 Å². The van der Waals surface area contributed by atoms with Crippen LogP contribution in [-0.2, 0) is 11.2 Å². The highest BCUT2D eigenvalue weighted by atomic mass is 19.1. The Morgan fingerprint density at radius 1 is 1.07 bits per heavy atom. The number of rotatable bonds is 8. The number of aryl methyl sites for hydroxylation is 1. The van der Waals surface area contributed by atoms with Gasteiger partial charge in [0.05, 0.1) is 18.8 Å². The standard InChI is InChI=1S/C22H23FN2O4/c1-15(28)25-22(13-26,14-27)11-10-16-2-4-17(5-3-16)20-12-29-21(24-20)18-6-8-19(23)9-7-18/h2-9,12,26-27H,10-11,13-14H2,1H3,(H,25,28). The quantitative estimate of drug-likeness (QED) is 0.542. The summed E-state index contributed by atoms with van der Waals surface area (Å²) >= 11 is 0. The van der Waals surface area contributed by atoms with Crippen molar-refractivity contribution in [1.29, 1.82) is 0 Å². The van der Waals surface area contributed by atoms with Crippen LogP contribution in [0.1, 0.15) is 18.9 Å². The third-order valence-electron chi connectivity index (χ3n) is 4.78. The molecule has 0 aliphatic rings. The summed E-state index contributed by atoms with van der Waals surface area (Å²) in [6, 6.07) is 13.6. The minimum atomic E-state index is -1.04. The van der Waals surface area contributed by atoms with E-state index in [1.807, 2.05) is 24.3 Å². The van der Waals surface area contributed by atoms with E-state index in [2.05, 4.69) is 10.3 Å². The van der Waals surface area contributed by atoms with Gasteiger partial charge in [0, 0.05) is 18.1 Å². The van der Waals surface area contributed by atoms with Gasteiger partial charge in [-0.2, -0.15) is 0 Å². The van der Waals surface area contributed by atoms with Crippen molar-refractivity contribution in [2.45, 2.75) is 25.3 Å². The van der Waals surface area contributed by atoms with Crippen LogP contribution in [0.15, 0.2) is 59.2 Å². The number of carbonyl (C=O) groups excluding carboxylic acids is 1. The molecule has 3 aromatic rings. The fraction of sp³-hybridized carbons (Fsp3) is 0.273. The zero-order valence-corrected chi connectivity index (χ0v) is 16.1. The highest BCUT2D eigenvalue weighted by Gasteiger charge is 2.29. The number of benzene rings is 2. The maximum absolute atomic E-state index is 13.1. The van der Waals surface area contributed by atoms with Gasteiger partial charge in [-0.05, 0) is 42.7 Å². The molecule has 6 nitrogen and oxygen atoms in total. The summed E-state index contributed by atoms with van der Waals surface area (Å²) in [5, 5.41) is 21.8. The monoisotopic (exact) mass is 398 g/mol. The van der Waals surface area contributed by atoms with E-state index in [4.69, 9.17) is 4.42 Å². The molecule has 0 aliphatic heterocycles. The second-order valence-corrected chi connectivity index (χ2v) is 7.02. The van der Waals surface area contributed by atoms with Crippen LogP contribution in [0.4, 0.5) is 4.39 Å². The molecule has 0 bridgehead atoms. The summed E-state index contributed by atoms with van der Waals surface area (Å²) < 4.78 is 18.6. The molecule has 1 aromatic heterocycles. The molecule has 0 unspecified atom stereocenters. The van der Waals surface area contributed by atoms with E-state index in [0.717, 1.165) is 11.1 Å². The van der Waals surface area contributed by atoms with Crippen molar-refractivity contribution >= 4 is 5.91 Å². The molecule has 0 saturated heterocycles. The smallest absolute Gasteiger partial charge is 0.226 e. The molecule has 0 aliphatic carbocycles. The van der Waals surface area contributed by atoms with Gasteiger partial charge in [-0.15, -0.1) is 0 Å². The first-order valence-electron chi connectivity index (χ1n) is 9.26. The van der Waals surface area contributed by atoms with Crippen LogP contribution < -0.4 is 5.32 Å². The number of hydrogen-bond acceptors (Lipinski definition) is 5. The highest BCUT2D eigenvalue weighted by molar-refractivity contribution is 5.73. The maximum Gasteiger partial charge on any atom is 0.226 e. The van der Waals surface area contributed by atoms with Gasteiger partial charge < -0.3 is 19.9 Å². The van der Waals surface area contributed by atoms with Gasteiger partial charge in [-0.25, -0.2) is 9.37 Å². The molecule has 7 heteroatoms. The summed E-state index contributed by atoms with van der Waals surface area (Å²) in [4.78, 5) is 15.8. The third kappa shape index (κ3) is 5.07. The Kier molecular flexibility index (Phi) is 6.41. The normalized spacial score (nSPS) is 11.4. The number of amides is 1. The molecule has 0 spiro atoms. The first kappa shape index (κ1) is 20.7. The fourth-order valence-corrected chi connectivity index (χ4v) is 3.08. The van der Waals surface area contributed by atoms with Gasteiger partial charge in [0.2, 0.25) is 11.8 Å². The van der Waals surface area contributed by atoms with E-state index in [0.29, 0.717) is 30.0 Å². The Morgan fingerprint density at radius 2 is 1.69 bits per heavy atom. The molecular weight excluding hydrogens is 375 g/mol. The minimum Gasteiger partial charge on any atom is -0.444 e. The van der Waals surface area contributed by atoms with Gasteiger partial charge in [-0.3, -0.25) is 4.79 Å². The lowest BCUT2D eigenvalue weighted by molar-refractivity contribution is -0.122. The molecule has 152 valence electrons. The number of nitrogens with zero attached hydrogens (tertiary/aromatic N) is 1. The second-order valence-electron chi connectivity index (χ2n) is 7.02. The summed E-state index contributed by atoms with van der Waals surface area (Å²) in [6.45, 7) is 0.672. The van der Waals surface area contributed by atoms with Crippen molar-refractivity contribution < 1.29 is 23.8 Å². The van der Waals surface area contributed by atoms with Gasteiger partial charge in [0.1, 0.15) is 17.8 Å². The topological polar surface area (TPSA) is 95.6 Å². The lowest BCUT2D eigenvalue weighted by Gasteiger charge is -2.30. The molecule has 1 heterocycles. The predicted molar refractivity (Wildman–Crippen MR) is 106 cm³/mol. The van der Waals surface area contributed by atoms with Crippen LogP contribution in [0.25, 0.3) is 22.7 Å². The molecule has 0 fully saturated rings. The van der Waals surface area contributed by atoms with E-state index < -0.39 is 5.54 Å². The number of nitrogens with one attached hydrogen (secondary N) is 1. The average Bonchev–Trinajstić information content (AvgIpc) is 3.22. The van der Waals surface area contributed by atoms with Crippen LogP contribution in [0, 0.1) is 5.82 Å². The number of halogens is 1. The zero-order valence-electron chi connectivity index (χ0n) is 16.1. The van der Waals surface area contributed by atoms with Crippen LogP contribution >= 0.6 is 0 Å². The van der Waals surface area contributed by atoms with Gasteiger partial charge in [0.15, 0.2) is 0 Å². The number of aromatic nitrogens is 1. The van der Waals surface area contributed by atoms with Crippen LogP contribution in [0.3, 0.4) is 0 Å². The molecule has 0 atom stereocenters. The molecule has 3 N–H and O–H groups in total. The molecule has 0 radical (unpaired) electrons. The van der Waals surface area contributed by atoms with E-state index in [1.165, 1.54) is 19.1 Å². The largest absolute Gasteiger partial charge is 0.444 e. The third-order valence-corrected chi connectivity index (χ3v) is 4.78. The van der Waals surface area contributed by atoms with Crippen LogP contribution in [-0.4, -0.2) is 39.9 Å². The molecule has 0 saturated carbocycles. The molecule has 1 amide bonds. The van der Waals surface area contributed by atoms with E-state index in [-0.39, 0.29) is 24.9 Å². The number of aliphatic hydroxyl groups is 2. The summed E-state index contributed by atoms with van der Waals surface area (Å²) in [7, 11) is 0. The number of carbonyl (C=O) groups is 1. The Labute approximate surface area is 168 Å². The highest BCUT2D eigenvalue weighted by Crippen LogP contribution is 2.25. The van der Waals surface area contributed by atoms with Crippen molar-refractivity contribution in [2.24, 2.45) is 0 Å². The van der Waals surface area contributed by atoms with E-state index in [1.54, 1.807) is 18.4 Å². The lowest BCUT2D eigenvalue weighted by Crippen LogP contribution is -2.53. The Balaban J connectivity index is 1.69. The van der Waals surface area contributed by atoms with Crippen molar-refractivity contribution in [2.75, 3.05) is 13.2 Å². The van der Waals surface area contributed by atoms with Crippen LogP contribution in [0.2, 0.25) is 0 Å². The van der Waals surface area contributed by atoms with Gasteiger partial charge >= 0.3 is 0 Å². The number of oxazole rings is 1. The SMILES string of the molecule is CC(=O)NC(CO)(CO)CCc1ccc(-c2coc(-c3ccc(F)cc3)n2)cc1. The zero-order chi connectivity index (χ0) is 20.9. The first-order valence-corrected chi connectivity index (χ1v) is 9.26.